The predicted octanol–water partition coefficient (Wildman–Crippen LogP) is 6.24. The van der Waals surface area contributed by atoms with Gasteiger partial charge in [-0.05, 0) is 45.4 Å². The molecular weight excluding hydrogens is 204 g/mol. The minimum atomic E-state index is 1.07. The Kier molecular flexibility index (Phi) is 15.0. The maximum Gasteiger partial charge on any atom is -0.0351 e. The second-order valence-electron chi connectivity index (χ2n) is 4.73. The molecule has 17 heavy (non-hydrogen) atoms. The van der Waals surface area contributed by atoms with Gasteiger partial charge in [-0.15, -0.1) is 0 Å². The average Bonchev–Trinajstić information content (AvgIpc) is 2.35. The van der Waals surface area contributed by atoms with Gasteiger partial charge < -0.3 is 0 Å². The summed E-state index contributed by atoms with van der Waals surface area (Å²) in [5.41, 5.74) is 0. The molecule has 0 saturated carbocycles. The zero-order valence-corrected chi connectivity index (χ0v) is 11.8. The van der Waals surface area contributed by atoms with Crippen LogP contribution in [0.5, 0.6) is 0 Å². The van der Waals surface area contributed by atoms with Crippen molar-refractivity contribution in [3.05, 3.63) is 31.2 Å². The van der Waals surface area contributed by atoms with Gasteiger partial charge in [0.25, 0.3) is 0 Å². The van der Waals surface area contributed by atoms with E-state index in [1.807, 2.05) is 0 Å². The molecule has 0 fully saturated rings. The van der Waals surface area contributed by atoms with Crippen LogP contribution >= 0.6 is 0 Å². The lowest BCUT2D eigenvalue weighted by molar-refractivity contribution is 0.599. The third kappa shape index (κ3) is 15.5. The quantitative estimate of drug-likeness (QED) is 0.277. The van der Waals surface area contributed by atoms with Crippen molar-refractivity contribution in [3.63, 3.8) is 0 Å². The lowest BCUT2D eigenvalue weighted by atomic mass is 10.1. The SMILES string of the molecule is [CH2]CCCC=CCCCCCCCCC=CC. The molecule has 0 amide bonds. The van der Waals surface area contributed by atoms with Crippen LogP contribution in [0.15, 0.2) is 24.3 Å². The van der Waals surface area contributed by atoms with E-state index in [1.165, 1.54) is 64.2 Å². The van der Waals surface area contributed by atoms with E-state index >= 15 is 0 Å². The smallest absolute Gasteiger partial charge is 0.0351 e. The minimum absolute atomic E-state index is 1.07. The van der Waals surface area contributed by atoms with Crippen molar-refractivity contribution in [2.24, 2.45) is 0 Å². The Bertz CT molecular complexity index is 176. The van der Waals surface area contributed by atoms with Crippen LogP contribution in [-0.2, 0) is 0 Å². The number of unbranched alkanes of at least 4 members (excludes halogenated alkanes) is 9. The zero-order chi connectivity index (χ0) is 12.6. The number of rotatable bonds is 12. The standard InChI is InChI=1S/C17H31/c1-3-5-7-9-11-13-15-17-16-14-12-10-8-6-4-2/h4,6,9,11H,1,3,5,7-8,10,12-17H2,2H3. The maximum absolute atomic E-state index is 3.84. The first kappa shape index (κ1) is 16.5. The van der Waals surface area contributed by atoms with Crippen LogP contribution in [0.4, 0.5) is 0 Å². The largest absolute Gasteiger partial charge is 0.0917 e. The van der Waals surface area contributed by atoms with Gasteiger partial charge >= 0.3 is 0 Å². The van der Waals surface area contributed by atoms with E-state index in [9.17, 15) is 0 Å². The first-order valence-corrected chi connectivity index (χ1v) is 7.47. The molecule has 0 rings (SSSR count). The second kappa shape index (κ2) is 15.5. The van der Waals surface area contributed by atoms with E-state index < -0.39 is 0 Å². The molecule has 0 spiro atoms. The highest BCUT2D eigenvalue weighted by molar-refractivity contribution is 4.81. The minimum Gasteiger partial charge on any atom is -0.0917 e. The molecule has 0 aromatic rings. The third-order valence-corrected chi connectivity index (χ3v) is 3.01. The third-order valence-electron chi connectivity index (χ3n) is 3.01. The Morgan fingerprint density at radius 2 is 1.12 bits per heavy atom. The summed E-state index contributed by atoms with van der Waals surface area (Å²) in [7, 11) is 0. The second-order valence-corrected chi connectivity index (χ2v) is 4.73. The van der Waals surface area contributed by atoms with Crippen molar-refractivity contribution < 1.29 is 0 Å². The summed E-state index contributed by atoms with van der Waals surface area (Å²) in [5.74, 6) is 0. The van der Waals surface area contributed by atoms with Crippen LogP contribution in [-0.4, -0.2) is 0 Å². The number of hydrogen-bond acceptors (Lipinski definition) is 0. The van der Waals surface area contributed by atoms with E-state index in [2.05, 4.69) is 38.2 Å². The maximum atomic E-state index is 3.84. The molecule has 0 atom stereocenters. The van der Waals surface area contributed by atoms with Crippen molar-refractivity contribution in [2.75, 3.05) is 0 Å². The lowest BCUT2D eigenvalue weighted by Crippen LogP contribution is -1.79. The molecule has 99 valence electrons. The average molecular weight is 235 g/mol. The molecule has 0 aromatic heterocycles. The van der Waals surface area contributed by atoms with E-state index in [0.29, 0.717) is 0 Å². The highest BCUT2D eigenvalue weighted by Gasteiger charge is 1.89. The number of allylic oxidation sites excluding steroid dienone is 4. The fourth-order valence-corrected chi connectivity index (χ4v) is 1.90. The van der Waals surface area contributed by atoms with Crippen LogP contribution in [0.3, 0.4) is 0 Å². The summed E-state index contributed by atoms with van der Waals surface area (Å²) in [6.07, 6.45) is 23.6. The molecule has 0 heteroatoms. The van der Waals surface area contributed by atoms with E-state index in [-0.39, 0.29) is 0 Å². The summed E-state index contributed by atoms with van der Waals surface area (Å²) >= 11 is 0. The van der Waals surface area contributed by atoms with Gasteiger partial charge in [-0.1, -0.05) is 63.3 Å². The van der Waals surface area contributed by atoms with Gasteiger partial charge in [0.2, 0.25) is 0 Å². The number of hydrogen-bond donors (Lipinski definition) is 0. The monoisotopic (exact) mass is 235 g/mol. The molecule has 0 N–H and O–H groups in total. The van der Waals surface area contributed by atoms with Gasteiger partial charge in [0.05, 0.1) is 0 Å². The van der Waals surface area contributed by atoms with Crippen molar-refractivity contribution >= 4 is 0 Å². The van der Waals surface area contributed by atoms with Gasteiger partial charge in [-0.3, -0.25) is 0 Å². The summed E-state index contributed by atoms with van der Waals surface area (Å²) in [6.45, 7) is 5.94. The van der Waals surface area contributed by atoms with Crippen LogP contribution in [0.1, 0.15) is 77.6 Å². The van der Waals surface area contributed by atoms with Crippen molar-refractivity contribution in [3.8, 4) is 0 Å². The Morgan fingerprint density at radius 1 is 0.647 bits per heavy atom. The summed E-state index contributed by atoms with van der Waals surface area (Å²) < 4.78 is 0. The molecule has 0 aliphatic carbocycles. The van der Waals surface area contributed by atoms with Crippen LogP contribution < -0.4 is 0 Å². The van der Waals surface area contributed by atoms with Crippen molar-refractivity contribution in [1.82, 2.24) is 0 Å². The normalized spacial score (nSPS) is 11.9. The fraction of sp³-hybridized carbons (Fsp3) is 0.706. The van der Waals surface area contributed by atoms with Crippen molar-refractivity contribution in [2.45, 2.75) is 77.6 Å². The van der Waals surface area contributed by atoms with Crippen LogP contribution in [0.2, 0.25) is 0 Å². The Balaban J connectivity index is 3.00. The summed E-state index contributed by atoms with van der Waals surface area (Å²) in [4.78, 5) is 0. The highest BCUT2D eigenvalue weighted by Crippen LogP contribution is 2.09. The topological polar surface area (TPSA) is 0 Å². The highest BCUT2D eigenvalue weighted by atomic mass is 14.0. The van der Waals surface area contributed by atoms with Crippen LogP contribution in [0, 0.1) is 6.92 Å². The molecule has 0 aliphatic rings. The molecular formula is C17H31. The molecule has 0 aliphatic heterocycles. The summed E-state index contributed by atoms with van der Waals surface area (Å²) in [6, 6.07) is 0. The van der Waals surface area contributed by atoms with E-state index in [0.717, 1.165) is 6.42 Å². The molecule has 0 aromatic carbocycles. The first-order valence-electron chi connectivity index (χ1n) is 7.47. The van der Waals surface area contributed by atoms with Gasteiger partial charge in [0, 0.05) is 0 Å². The summed E-state index contributed by atoms with van der Waals surface area (Å²) in [5, 5.41) is 0. The molecule has 0 nitrogen and oxygen atoms in total. The Morgan fingerprint density at radius 3 is 1.65 bits per heavy atom. The Hall–Kier alpha value is -0.520. The predicted molar refractivity (Wildman–Crippen MR) is 80.1 cm³/mol. The van der Waals surface area contributed by atoms with Gasteiger partial charge in [-0.25, -0.2) is 0 Å². The van der Waals surface area contributed by atoms with E-state index in [4.69, 9.17) is 0 Å². The van der Waals surface area contributed by atoms with Crippen LogP contribution in [0.25, 0.3) is 0 Å². The van der Waals surface area contributed by atoms with Gasteiger partial charge in [0.1, 0.15) is 0 Å². The first-order chi connectivity index (χ1) is 8.41. The zero-order valence-electron chi connectivity index (χ0n) is 11.8. The molecule has 1 radical (unpaired) electrons. The van der Waals surface area contributed by atoms with Gasteiger partial charge in [0.15, 0.2) is 0 Å². The molecule has 0 bridgehead atoms. The van der Waals surface area contributed by atoms with Gasteiger partial charge in [-0.2, -0.15) is 0 Å². The van der Waals surface area contributed by atoms with Crippen molar-refractivity contribution in [1.29, 1.82) is 0 Å². The lowest BCUT2D eigenvalue weighted by Gasteiger charge is -1.99. The molecule has 0 saturated heterocycles. The Labute approximate surface area is 109 Å². The molecule has 0 unspecified atom stereocenters. The molecule has 0 heterocycles. The fourth-order valence-electron chi connectivity index (χ4n) is 1.90. The van der Waals surface area contributed by atoms with E-state index in [1.54, 1.807) is 0 Å².